The summed E-state index contributed by atoms with van der Waals surface area (Å²) < 4.78 is 37.0. The molecule has 3 fully saturated rings. The molecule has 5 aliphatic rings. The fourth-order valence-electron chi connectivity index (χ4n) is 12.4. The van der Waals surface area contributed by atoms with Crippen molar-refractivity contribution in [3.63, 3.8) is 0 Å². The molecule has 446 valence electrons. The van der Waals surface area contributed by atoms with Crippen LogP contribution in [0.2, 0.25) is 0 Å². The van der Waals surface area contributed by atoms with E-state index in [-0.39, 0.29) is 72.1 Å². The molecule has 0 aromatic heterocycles. The van der Waals surface area contributed by atoms with Gasteiger partial charge in [0.25, 0.3) is 17.7 Å². The SMILES string of the molecule is CC(=O)O[C@H]1C(=O)[C@@]2(C)C(C(OC(=O)c3ccccc3)[C@]3(O)C[C@H](OC(=O)[C@H](OC(=O)CC/C(C)=N\NC(=O)CCCCCN4C(=O)C=CC4=O)C(NC(=O)c4ccccc4)c4ccccc4)C(C)=C1C3(C)C)[C@]1(OC(C)=O)CO[C@@H]1C[C@@H]2O. The van der Waals surface area contributed by atoms with E-state index in [9.17, 15) is 48.6 Å². The van der Waals surface area contributed by atoms with E-state index < -0.39 is 131 Å². The minimum atomic E-state index is -2.51. The number of ether oxygens (including phenoxy) is 6. The van der Waals surface area contributed by atoms with Crippen LogP contribution in [0.15, 0.2) is 119 Å². The van der Waals surface area contributed by atoms with Gasteiger partial charge in [-0.05, 0) is 81.0 Å². The molecule has 1 saturated heterocycles. The van der Waals surface area contributed by atoms with Gasteiger partial charge < -0.3 is 44.0 Å². The van der Waals surface area contributed by atoms with Crippen molar-refractivity contribution in [3.8, 4) is 0 Å². The van der Waals surface area contributed by atoms with Gasteiger partial charge >= 0.3 is 29.8 Å². The normalized spacial score (nSPS) is 27.5. The standard InChI is InChI=1S/C62H70N4O18/c1-35(64-65-45(70)26-18-11-19-31-66-46(71)28-29-47(66)72)27-30-48(73)82-52(50(39-20-12-8-13-21-39)63-56(75)40-22-14-9-15-23-40)58(77)81-42-33-62(78)55(83-57(76)41-24-16-10-17-25-41)53-60(7,43(69)32-44-61(53,34-79-44)84-38(4)68)54(74)51(80-37(3)67)49(36(42)2)59(62,5)6/h8-10,12-17,20-25,28-29,42-44,50-53,55,69,78H,11,18-19,26-27,30-34H2,1-7H3,(H,63,75)(H,65,70)/b64-35-/t42-,43-,44+,50?,51+,52+,53?,55?,60+,61-,62+/m0/s1. The van der Waals surface area contributed by atoms with Gasteiger partial charge in [0.1, 0.15) is 30.0 Å². The lowest BCUT2D eigenvalue weighted by atomic mass is 9.44. The van der Waals surface area contributed by atoms with Gasteiger partial charge in [-0.2, -0.15) is 5.10 Å². The van der Waals surface area contributed by atoms with Crippen molar-refractivity contribution in [1.29, 1.82) is 0 Å². The molecule has 8 rings (SSSR count). The van der Waals surface area contributed by atoms with Crippen molar-refractivity contribution >= 4 is 65.0 Å². The van der Waals surface area contributed by atoms with E-state index in [1.807, 2.05) is 0 Å². The molecular formula is C62H70N4O18. The van der Waals surface area contributed by atoms with Gasteiger partial charge in [0.05, 0.1) is 36.0 Å². The fraction of sp³-hybridized carbons (Fsp3) is 0.468. The maximum Gasteiger partial charge on any atom is 0.350 e. The van der Waals surface area contributed by atoms with Gasteiger partial charge in [-0.3, -0.25) is 43.3 Å². The van der Waals surface area contributed by atoms with E-state index in [1.165, 1.54) is 64.1 Å². The Morgan fingerprint density at radius 2 is 1.39 bits per heavy atom. The predicted octanol–water partition coefficient (Wildman–Crippen LogP) is 5.04. The van der Waals surface area contributed by atoms with E-state index in [4.69, 9.17) is 28.4 Å². The molecule has 11 atom stereocenters. The number of carbonyl (C=O) groups excluding carboxylic acids is 10. The lowest BCUT2D eigenvalue weighted by Crippen LogP contribution is -2.82. The number of amides is 4. The zero-order chi connectivity index (χ0) is 60.9. The lowest BCUT2D eigenvalue weighted by molar-refractivity contribution is -0.346. The number of nitrogens with one attached hydrogen (secondary N) is 2. The molecule has 2 heterocycles. The molecular weight excluding hydrogens is 1090 g/mol. The summed E-state index contributed by atoms with van der Waals surface area (Å²) in [5.74, 6) is -9.43. The van der Waals surface area contributed by atoms with Crippen LogP contribution in [0.4, 0.5) is 0 Å². The third-order valence-electron chi connectivity index (χ3n) is 17.0. The number of unbranched alkanes of at least 4 members (excludes halogenated alkanes) is 2. The number of esters is 5. The number of rotatable bonds is 21. The third kappa shape index (κ3) is 12.4. The van der Waals surface area contributed by atoms with Crippen LogP contribution in [-0.4, -0.2) is 141 Å². The number of aliphatic hydroxyl groups excluding tert-OH is 1. The van der Waals surface area contributed by atoms with Crippen molar-refractivity contribution in [2.75, 3.05) is 13.2 Å². The first-order valence-electron chi connectivity index (χ1n) is 27.9. The second kappa shape index (κ2) is 25.3. The molecule has 3 aromatic rings. The molecule has 4 amide bonds. The number of benzene rings is 3. The number of carbonyl (C=O) groups is 10. The number of aliphatic hydroxyl groups is 2. The van der Waals surface area contributed by atoms with Crippen LogP contribution >= 0.6 is 0 Å². The Kier molecular flexibility index (Phi) is 18.7. The Labute approximate surface area is 485 Å². The number of imide groups is 1. The minimum absolute atomic E-state index is 0.0203. The molecule has 0 spiro atoms. The Bertz CT molecular complexity index is 3150. The van der Waals surface area contributed by atoms with Crippen LogP contribution in [0.25, 0.3) is 0 Å². The van der Waals surface area contributed by atoms with Crippen LogP contribution in [0.1, 0.15) is 132 Å². The van der Waals surface area contributed by atoms with Crippen molar-refractivity contribution in [2.24, 2.45) is 21.8 Å². The summed E-state index contributed by atoms with van der Waals surface area (Å²) in [6.07, 6.45) is -7.64. The van der Waals surface area contributed by atoms with Gasteiger partial charge in [-0.25, -0.2) is 15.0 Å². The zero-order valence-corrected chi connectivity index (χ0v) is 47.8. The highest BCUT2D eigenvalue weighted by molar-refractivity contribution is 6.12. The van der Waals surface area contributed by atoms with E-state index in [2.05, 4.69) is 15.8 Å². The molecule has 3 aromatic carbocycles. The summed E-state index contributed by atoms with van der Waals surface area (Å²) in [6.45, 7) is 9.53. The monoisotopic (exact) mass is 1160 g/mol. The van der Waals surface area contributed by atoms with Crippen molar-refractivity contribution in [1.82, 2.24) is 15.6 Å². The van der Waals surface area contributed by atoms with Gasteiger partial charge in [-0.1, -0.05) is 87.0 Å². The number of Topliss-reactive ketones (excluding diaryl/α,β-unsaturated/α-hetero) is 1. The summed E-state index contributed by atoms with van der Waals surface area (Å²) in [5, 5.41) is 33.3. The molecule has 2 bridgehead atoms. The summed E-state index contributed by atoms with van der Waals surface area (Å²) in [7, 11) is 0. The molecule has 2 saturated carbocycles. The van der Waals surface area contributed by atoms with Crippen LogP contribution in [0.3, 0.4) is 0 Å². The van der Waals surface area contributed by atoms with Crippen molar-refractivity contribution in [3.05, 3.63) is 131 Å². The molecule has 2 aliphatic heterocycles. The smallest absolute Gasteiger partial charge is 0.350 e. The molecule has 3 unspecified atom stereocenters. The van der Waals surface area contributed by atoms with Crippen molar-refractivity contribution in [2.45, 2.75) is 154 Å². The van der Waals surface area contributed by atoms with Crippen LogP contribution in [0, 0.1) is 16.7 Å². The van der Waals surface area contributed by atoms with Crippen LogP contribution < -0.4 is 10.7 Å². The quantitative estimate of drug-likeness (QED) is 0.0206. The summed E-state index contributed by atoms with van der Waals surface area (Å²) in [5.41, 5.74) is -5.03. The fourth-order valence-corrected chi connectivity index (χ4v) is 12.4. The molecule has 3 aliphatic carbocycles. The van der Waals surface area contributed by atoms with Crippen LogP contribution in [-0.2, 0) is 66.8 Å². The molecule has 22 heteroatoms. The molecule has 4 N–H and O–H groups in total. The highest BCUT2D eigenvalue weighted by atomic mass is 16.6. The zero-order valence-electron chi connectivity index (χ0n) is 47.8. The number of ketones is 1. The average Bonchev–Trinajstić information content (AvgIpc) is 0.816. The van der Waals surface area contributed by atoms with Crippen molar-refractivity contribution < 1.29 is 86.6 Å². The topological polar surface area (TPSA) is 306 Å². The molecule has 22 nitrogen and oxygen atoms in total. The van der Waals surface area contributed by atoms with E-state index in [0.29, 0.717) is 25.0 Å². The van der Waals surface area contributed by atoms with Gasteiger partial charge in [0.15, 0.2) is 17.5 Å². The maximum atomic E-state index is 15.8. The lowest BCUT2D eigenvalue weighted by Gasteiger charge is -2.67. The number of fused-ring (bicyclic) bond motifs is 5. The largest absolute Gasteiger partial charge is 0.455 e. The van der Waals surface area contributed by atoms with Gasteiger partial charge in [0, 0.05) is 68.5 Å². The number of nitrogens with zero attached hydrogens (tertiary/aromatic N) is 2. The Morgan fingerprint density at radius 3 is 1.99 bits per heavy atom. The van der Waals surface area contributed by atoms with E-state index >= 15 is 9.59 Å². The second-order valence-electron chi connectivity index (χ2n) is 22.7. The second-order valence-corrected chi connectivity index (χ2v) is 22.7. The van der Waals surface area contributed by atoms with E-state index in [1.54, 1.807) is 73.7 Å². The Balaban J connectivity index is 1.15. The first kappa shape index (κ1) is 61.9. The summed E-state index contributed by atoms with van der Waals surface area (Å²) in [4.78, 5) is 138. The Hall–Kier alpha value is -8.21. The number of hydrazone groups is 1. The van der Waals surface area contributed by atoms with Gasteiger partial charge in [0.2, 0.25) is 12.0 Å². The highest BCUT2D eigenvalue weighted by Crippen LogP contribution is 2.64. The summed E-state index contributed by atoms with van der Waals surface area (Å²) >= 11 is 0. The summed E-state index contributed by atoms with van der Waals surface area (Å²) in [6, 6.07) is 22.4. The molecule has 0 radical (unpaired) electrons. The third-order valence-corrected chi connectivity index (χ3v) is 17.0. The molecule has 84 heavy (non-hydrogen) atoms. The number of hydrogen-bond donors (Lipinski definition) is 4. The first-order valence-corrected chi connectivity index (χ1v) is 27.9. The minimum Gasteiger partial charge on any atom is -0.455 e. The first-order chi connectivity index (χ1) is 39.8. The highest BCUT2D eigenvalue weighted by Gasteiger charge is 2.78. The van der Waals surface area contributed by atoms with Gasteiger partial charge in [-0.15, -0.1) is 0 Å². The van der Waals surface area contributed by atoms with E-state index in [0.717, 1.165) is 18.7 Å². The van der Waals surface area contributed by atoms with Crippen LogP contribution in [0.5, 0.6) is 0 Å². The predicted molar refractivity (Wildman–Crippen MR) is 296 cm³/mol. The average molecular weight is 1160 g/mol. The maximum absolute atomic E-state index is 15.8. The number of hydrogen-bond acceptors (Lipinski definition) is 19. The Morgan fingerprint density at radius 1 is 0.774 bits per heavy atom.